The van der Waals surface area contributed by atoms with Crippen molar-refractivity contribution in [3.8, 4) is 0 Å². The molecule has 106 valence electrons. The molecule has 0 unspecified atom stereocenters. The number of nitrogens with zero attached hydrogens (tertiary/aromatic N) is 3. The number of hydrogen-bond donors (Lipinski definition) is 0. The van der Waals surface area contributed by atoms with Crippen LogP contribution in [-0.2, 0) is 11.2 Å². The van der Waals surface area contributed by atoms with Gasteiger partial charge in [0.25, 0.3) is 17.1 Å². The fourth-order valence-corrected chi connectivity index (χ4v) is 1.82. The number of nitro groups is 3. The van der Waals surface area contributed by atoms with Crippen LogP contribution in [0.5, 0.6) is 0 Å². The number of hydrogen-bond acceptors (Lipinski definition) is 7. The van der Waals surface area contributed by atoms with Crippen molar-refractivity contribution in [3.63, 3.8) is 0 Å². The van der Waals surface area contributed by atoms with Crippen LogP contribution in [-0.4, -0.2) is 20.6 Å². The number of benzene rings is 1. The molecule has 0 heterocycles. The number of rotatable bonds is 5. The van der Waals surface area contributed by atoms with E-state index in [-0.39, 0.29) is 5.56 Å². The Balaban J connectivity index is 3.82. The van der Waals surface area contributed by atoms with Crippen molar-refractivity contribution in [2.75, 3.05) is 0 Å². The van der Waals surface area contributed by atoms with Crippen LogP contribution in [0.3, 0.4) is 0 Å². The summed E-state index contributed by atoms with van der Waals surface area (Å²) in [4.78, 5) is 41.0. The molecule has 0 saturated heterocycles. The molecule has 10 nitrogen and oxygen atoms in total. The maximum Gasteiger partial charge on any atom is 0.289 e. The minimum atomic E-state index is -0.974. The van der Waals surface area contributed by atoms with Crippen LogP contribution in [0.1, 0.15) is 18.1 Å². The lowest BCUT2D eigenvalue weighted by molar-refractivity contribution is -0.404. The molecule has 1 rings (SSSR count). The summed E-state index contributed by atoms with van der Waals surface area (Å²) < 4.78 is 0. The van der Waals surface area contributed by atoms with Crippen LogP contribution in [0.25, 0.3) is 0 Å². The van der Waals surface area contributed by atoms with Gasteiger partial charge in [0.2, 0.25) is 0 Å². The van der Waals surface area contributed by atoms with Gasteiger partial charge < -0.3 is 0 Å². The van der Waals surface area contributed by atoms with Gasteiger partial charge in [-0.15, -0.1) is 0 Å². The van der Waals surface area contributed by atoms with E-state index >= 15 is 0 Å². The molecule has 0 aliphatic heterocycles. The van der Waals surface area contributed by atoms with Crippen LogP contribution < -0.4 is 0 Å². The quantitative estimate of drug-likeness (QED) is 0.591. The minimum Gasteiger partial charge on any atom is -0.300 e. The van der Waals surface area contributed by atoms with Gasteiger partial charge in [-0.25, -0.2) is 0 Å². The topological polar surface area (TPSA) is 146 Å². The maximum atomic E-state index is 11.1. The van der Waals surface area contributed by atoms with Gasteiger partial charge in [0.1, 0.15) is 16.9 Å². The highest BCUT2D eigenvalue weighted by atomic mass is 16.6. The molecule has 0 aromatic heterocycles. The second-order valence-corrected chi connectivity index (χ2v) is 4.02. The number of carbonyl (C=O) groups is 1. The summed E-state index contributed by atoms with van der Waals surface area (Å²) in [5.41, 5.74) is -3.03. The average molecular weight is 283 g/mol. The summed E-state index contributed by atoms with van der Waals surface area (Å²) in [6, 6.07) is 0.639. The Morgan fingerprint density at radius 2 is 1.55 bits per heavy atom. The maximum absolute atomic E-state index is 11.1. The zero-order valence-electron chi connectivity index (χ0n) is 10.5. The van der Waals surface area contributed by atoms with Gasteiger partial charge in [-0.3, -0.25) is 35.1 Å². The molecule has 0 bridgehead atoms. The van der Waals surface area contributed by atoms with Crippen molar-refractivity contribution >= 4 is 22.8 Å². The van der Waals surface area contributed by atoms with E-state index in [0.717, 1.165) is 13.8 Å². The Morgan fingerprint density at radius 1 is 1.05 bits per heavy atom. The first-order chi connectivity index (χ1) is 9.16. The zero-order chi connectivity index (χ0) is 15.6. The first-order valence-electron chi connectivity index (χ1n) is 5.25. The van der Waals surface area contributed by atoms with Crippen molar-refractivity contribution < 1.29 is 19.6 Å². The summed E-state index contributed by atoms with van der Waals surface area (Å²) in [7, 11) is 0. The molecule has 0 aliphatic carbocycles. The van der Waals surface area contributed by atoms with E-state index in [0.29, 0.717) is 6.07 Å². The van der Waals surface area contributed by atoms with E-state index < -0.39 is 49.6 Å². The Hall–Kier alpha value is -2.91. The van der Waals surface area contributed by atoms with Crippen molar-refractivity contribution in [1.29, 1.82) is 0 Å². The molecule has 0 atom stereocenters. The monoisotopic (exact) mass is 283 g/mol. The molecule has 20 heavy (non-hydrogen) atoms. The van der Waals surface area contributed by atoms with E-state index in [1.165, 1.54) is 0 Å². The van der Waals surface area contributed by atoms with Gasteiger partial charge in [0, 0.05) is 6.42 Å². The van der Waals surface area contributed by atoms with E-state index in [2.05, 4.69) is 0 Å². The van der Waals surface area contributed by atoms with E-state index in [9.17, 15) is 35.1 Å². The van der Waals surface area contributed by atoms with Gasteiger partial charge in [0.05, 0.1) is 20.8 Å². The number of nitro benzene ring substituents is 3. The zero-order valence-corrected chi connectivity index (χ0v) is 10.5. The van der Waals surface area contributed by atoms with Crippen LogP contribution >= 0.6 is 0 Å². The Bertz CT molecular complexity index is 638. The molecule has 0 N–H and O–H groups in total. The highest BCUT2D eigenvalue weighted by Crippen LogP contribution is 2.38. The fourth-order valence-electron chi connectivity index (χ4n) is 1.82. The summed E-state index contributed by atoms with van der Waals surface area (Å²) in [5, 5.41) is 32.7. The fraction of sp³-hybridized carbons (Fsp3) is 0.300. The smallest absolute Gasteiger partial charge is 0.289 e. The molecule has 1 aromatic carbocycles. The first-order valence-corrected chi connectivity index (χ1v) is 5.25. The van der Waals surface area contributed by atoms with Crippen LogP contribution in [0.2, 0.25) is 0 Å². The lowest BCUT2D eigenvalue weighted by Gasteiger charge is -2.06. The number of Topliss-reactive ketones (excluding diaryl/α,β-unsaturated/α-hetero) is 1. The van der Waals surface area contributed by atoms with Crippen LogP contribution in [0.4, 0.5) is 17.1 Å². The van der Waals surface area contributed by atoms with Gasteiger partial charge in [-0.1, -0.05) is 0 Å². The van der Waals surface area contributed by atoms with Gasteiger partial charge in [0.15, 0.2) is 0 Å². The minimum absolute atomic E-state index is 0.318. The van der Waals surface area contributed by atoms with Crippen LogP contribution in [0.15, 0.2) is 6.07 Å². The molecule has 10 heteroatoms. The van der Waals surface area contributed by atoms with Crippen molar-refractivity contribution in [2.45, 2.75) is 20.3 Å². The molecule has 0 saturated carbocycles. The Morgan fingerprint density at radius 3 is 1.90 bits per heavy atom. The molecule has 0 aliphatic rings. The van der Waals surface area contributed by atoms with Crippen molar-refractivity contribution in [1.82, 2.24) is 0 Å². The third kappa shape index (κ3) is 2.74. The average Bonchev–Trinajstić information content (AvgIpc) is 2.26. The number of carbonyl (C=O) groups excluding carboxylic acids is 1. The molecule has 0 radical (unpaired) electrons. The summed E-state index contributed by atoms with van der Waals surface area (Å²) in [6.07, 6.45) is -0.536. The lowest BCUT2D eigenvalue weighted by Crippen LogP contribution is -2.09. The third-order valence-electron chi connectivity index (χ3n) is 2.61. The predicted molar refractivity (Wildman–Crippen MR) is 65.5 cm³/mol. The van der Waals surface area contributed by atoms with Gasteiger partial charge in [-0.05, 0) is 13.8 Å². The second kappa shape index (κ2) is 5.38. The van der Waals surface area contributed by atoms with Gasteiger partial charge >= 0.3 is 0 Å². The second-order valence-electron chi connectivity index (χ2n) is 4.02. The summed E-state index contributed by atoms with van der Waals surface area (Å²) in [5.74, 6) is -0.524. The van der Waals surface area contributed by atoms with E-state index in [4.69, 9.17) is 0 Å². The summed E-state index contributed by atoms with van der Waals surface area (Å²) in [6.45, 7) is 2.23. The van der Waals surface area contributed by atoms with Crippen molar-refractivity contribution in [2.24, 2.45) is 0 Å². The highest BCUT2D eigenvalue weighted by Gasteiger charge is 2.34. The highest BCUT2D eigenvalue weighted by molar-refractivity contribution is 5.82. The SMILES string of the molecule is CC(=O)Cc1c([N+](=O)[O-])cc([N+](=O)[O-])c(C)c1[N+](=O)[O-]. The molecule has 0 spiro atoms. The summed E-state index contributed by atoms with van der Waals surface area (Å²) >= 11 is 0. The molecular weight excluding hydrogens is 274 g/mol. The molecule has 1 aromatic rings. The third-order valence-corrected chi connectivity index (χ3v) is 2.61. The van der Waals surface area contributed by atoms with Crippen molar-refractivity contribution in [3.05, 3.63) is 47.5 Å². The van der Waals surface area contributed by atoms with E-state index in [1.807, 2.05) is 0 Å². The first kappa shape index (κ1) is 15.1. The lowest BCUT2D eigenvalue weighted by atomic mass is 10.00. The number of ketones is 1. The largest absolute Gasteiger partial charge is 0.300 e. The Labute approximate surface area is 111 Å². The molecule has 0 fully saturated rings. The predicted octanol–water partition coefficient (Wildman–Crippen LogP) is 1.85. The Kier molecular flexibility index (Phi) is 4.08. The van der Waals surface area contributed by atoms with Gasteiger partial charge in [-0.2, -0.15) is 0 Å². The van der Waals surface area contributed by atoms with Crippen LogP contribution in [0, 0.1) is 37.3 Å². The molecule has 0 amide bonds. The molecular formula is C10H9N3O7. The van der Waals surface area contributed by atoms with E-state index in [1.54, 1.807) is 0 Å². The standard InChI is InChI=1S/C10H9N3O7/c1-5(14)3-7-9(12(17)18)4-8(11(15)16)6(2)10(7)13(19)20/h4H,3H2,1-2H3. The normalized spacial score (nSPS) is 10.1.